The van der Waals surface area contributed by atoms with Crippen LogP contribution in [0.1, 0.15) is 20.8 Å². The third-order valence-corrected chi connectivity index (χ3v) is 8.15. The highest BCUT2D eigenvalue weighted by Gasteiger charge is 2.39. The molecule has 0 spiro atoms. The SMILES string of the molecule is CC(C)(C)OC(=O)NC1CN(S(=O)(=O)c2cc(-c3ncc(-c4ccc(Br)c(F)c4)[nH]3)ccc2Cl)C1. The maximum Gasteiger partial charge on any atom is 0.407 e. The molecule has 2 N–H and O–H groups in total. The number of nitrogens with zero attached hydrogens (tertiary/aromatic N) is 2. The molecule has 0 unspecified atom stereocenters. The fourth-order valence-corrected chi connectivity index (χ4v) is 5.74. The number of benzene rings is 2. The summed E-state index contributed by atoms with van der Waals surface area (Å²) in [6, 6.07) is 8.91. The van der Waals surface area contributed by atoms with Gasteiger partial charge < -0.3 is 15.0 Å². The van der Waals surface area contributed by atoms with Crippen LogP contribution in [0.2, 0.25) is 5.02 Å². The number of sulfonamides is 1. The Morgan fingerprint density at radius 2 is 1.91 bits per heavy atom. The Kier molecular flexibility index (Phi) is 6.98. The molecule has 1 fully saturated rings. The van der Waals surface area contributed by atoms with Gasteiger partial charge in [0.2, 0.25) is 10.0 Å². The van der Waals surface area contributed by atoms with Crippen molar-refractivity contribution in [1.29, 1.82) is 0 Å². The highest BCUT2D eigenvalue weighted by molar-refractivity contribution is 9.10. The smallest absolute Gasteiger partial charge is 0.407 e. The summed E-state index contributed by atoms with van der Waals surface area (Å²) in [5.74, 6) is -0.00273. The van der Waals surface area contributed by atoms with Gasteiger partial charge in [0, 0.05) is 24.2 Å². The average Bonchev–Trinajstić information content (AvgIpc) is 3.21. The molecule has 2 aromatic carbocycles. The minimum Gasteiger partial charge on any atom is -0.444 e. The van der Waals surface area contributed by atoms with Gasteiger partial charge in [0.1, 0.15) is 22.1 Å². The van der Waals surface area contributed by atoms with Crippen LogP contribution in [0.25, 0.3) is 22.6 Å². The van der Waals surface area contributed by atoms with Crippen LogP contribution < -0.4 is 5.32 Å². The first kappa shape index (κ1) is 25.6. The Bertz CT molecular complexity index is 1380. The molecule has 1 aliphatic heterocycles. The molecule has 12 heteroatoms. The van der Waals surface area contributed by atoms with E-state index < -0.39 is 27.5 Å². The summed E-state index contributed by atoms with van der Waals surface area (Å²) in [5.41, 5.74) is 1.02. The first-order valence-corrected chi connectivity index (χ1v) is 13.2. The molecule has 2 heterocycles. The van der Waals surface area contributed by atoms with Gasteiger partial charge in [-0.2, -0.15) is 4.31 Å². The summed E-state index contributed by atoms with van der Waals surface area (Å²) in [6.07, 6.45) is 0.947. The lowest BCUT2D eigenvalue weighted by Crippen LogP contribution is -2.61. The highest BCUT2D eigenvalue weighted by Crippen LogP contribution is 2.32. The van der Waals surface area contributed by atoms with E-state index in [1.54, 1.807) is 45.2 Å². The molecule has 186 valence electrons. The molecule has 0 bridgehead atoms. The van der Waals surface area contributed by atoms with Crippen molar-refractivity contribution in [3.05, 3.63) is 57.9 Å². The van der Waals surface area contributed by atoms with Gasteiger partial charge in [-0.3, -0.25) is 0 Å². The molecule has 1 aromatic heterocycles. The summed E-state index contributed by atoms with van der Waals surface area (Å²) in [5, 5.41) is 2.73. The zero-order valence-electron chi connectivity index (χ0n) is 19.1. The number of ether oxygens (including phenoxy) is 1. The molecule has 0 atom stereocenters. The van der Waals surface area contributed by atoms with Crippen molar-refractivity contribution in [1.82, 2.24) is 19.6 Å². The predicted molar refractivity (Wildman–Crippen MR) is 134 cm³/mol. The van der Waals surface area contributed by atoms with E-state index in [1.807, 2.05) is 0 Å². The molecule has 1 saturated heterocycles. The van der Waals surface area contributed by atoms with E-state index in [4.69, 9.17) is 16.3 Å². The van der Waals surface area contributed by atoms with E-state index in [-0.39, 0.29) is 29.0 Å². The summed E-state index contributed by atoms with van der Waals surface area (Å²) >= 11 is 9.37. The van der Waals surface area contributed by atoms with Crippen molar-refractivity contribution < 1.29 is 22.3 Å². The Balaban J connectivity index is 1.50. The van der Waals surface area contributed by atoms with Crippen molar-refractivity contribution in [2.45, 2.75) is 37.3 Å². The van der Waals surface area contributed by atoms with Gasteiger partial charge in [0.25, 0.3) is 0 Å². The van der Waals surface area contributed by atoms with Gasteiger partial charge >= 0.3 is 6.09 Å². The zero-order valence-corrected chi connectivity index (χ0v) is 22.3. The lowest BCUT2D eigenvalue weighted by molar-refractivity contribution is 0.0459. The lowest BCUT2D eigenvalue weighted by Gasteiger charge is -2.38. The molecular weight excluding hydrogens is 563 g/mol. The van der Waals surface area contributed by atoms with Crippen molar-refractivity contribution in [2.75, 3.05) is 13.1 Å². The fraction of sp³-hybridized carbons (Fsp3) is 0.304. The number of carbonyl (C=O) groups is 1. The summed E-state index contributed by atoms with van der Waals surface area (Å²) in [6.45, 7) is 5.44. The Morgan fingerprint density at radius 1 is 1.23 bits per heavy atom. The van der Waals surface area contributed by atoms with Gasteiger partial charge in [-0.25, -0.2) is 22.6 Å². The number of hydrogen-bond donors (Lipinski definition) is 2. The average molecular weight is 586 g/mol. The van der Waals surface area contributed by atoms with Gasteiger partial charge in [-0.05, 0) is 67.0 Å². The molecule has 1 aliphatic rings. The quantitative estimate of drug-likeness (QED) is 0.429. The van der Waals surface area contributed by atoms with Crippen LogP contribution in [0, 0.1) is 5.82 Å². The maximum absolute atomic E-state index is 13.9. The van der Waals surface area contributed by atoms with E-state index in [9.17, 15) is 17.6 Å². The molecule has 3 aromatic rings. The Labute approximate surface area is 216 Å². The number of hydrogen-bond acceptors (Lipinski definition) is 5. The third kappa shape index (κ3) is 5.69. The Hall–Kier alpha value is -2.47. The van der Waals surface area contributed by atoms with Crippen molar-refractivity contribution in [2.24, 2.45) is 0 Å². The van der Waals surface area contributed by atoms with Gasteiger partial charge in [0.05, 0.1) is 27.4 Å². The number of H-pyrrole nitrogens is 1. The minimum atomic E-state index is -3.91. The van der Waals surface area contributed by atoms with E-state index in [1.165, 1.54) is 22.5 Å². The number of halogens is 3. The van der Waals surface area contributed by atoms with Crippen LogP contribution in [-0.4, -0.2) is 53.5 Å². The normalized spacial score (nSPS) is 15.0. The number of imidazole rings is 1. The van der Waals surface area contributed by atoms with Gasteiger partial charge in [-0.15, -0.1) is 0 Å². The summed E-state index contributed by atoms with van der Waals surface area (Å²) in [7, 11) is -3.91. The fourth-order valence-electron chi connectivity index (χ4n) is 3.47. The zero-order chi connectivity index (χ0) is 25.5. The second-order valence-corrected chi connectivity index (χ2v) is 12.3. The molecule has 0 saturated carbocycles. The van der Waals surface area contributed by atoms with E-state index in [0.717, 1.165) is 0 Å². The number of carbonyl (C=O) groups excluding carboxylic acids is 1. The highest BCUT2D eigenvalue weighted by atomic mass is 79.9. The largest absolute Gasteiger partial charge is 0.444 e. The van der Waals surface area contributed by atoms with Crippen molar-refractivity contribution >= 4 is 43.6 Å². The first-order chi connectivity index (χ1) is 16.3. The molecule has 4 rings (SSSR count). The molecule has 1 amide bonds. The first-order valence-electron chi connectivity index (χ1n) is 10.6. The van der Waals surface area contributed by atoms with Crippen molar-refractivity contribution in [3.8, 4) is 22.6 Å². The third-order valence-electron chi connectivity index (χ3n) is 5.20. The topological polar surface area (TPSA) is 104 Å². The molecule has 0 aliphatic carbocycles. The second-order valence-electron chi connectivity index (χ2n) is 9.08. The maximum atomic E-state index is 13.9. The van der Waals surface area contributed by atoms with Crippen LogP contribution in [0.5, 0.6) is 0 Å². The minimum absolute atomic E-state index is 0.0686. The van der Waals surface area contributed by atoms with E-state index in [0.29, 0.717) is 27.1 Å². The molecule has 8 nitrogen and oxygen atoms in total. The lowest BCUT2D eigenvalue weighted by atomic mass is 10.2. The van der Waals surface area contributed by atoms with Crippen LogP contribution in [-0.2, 0) is 14.8 Å². The van der Waals surface area contributed by atoms with Crippen LogP contribution in [0.15, 0.2) is 52.0 Å². The monoisotopic (exact) mass is 584 g/mol. The van der Waals surface area contributed by atoms with Gasteiger partial charge in [-0.1, -0.05) is 17.7 Å². The summed E-state index contributed by atoms with van der Waals surface area (Å²) in [4.78, 5) is 19.3. The standard InChI is InChI=1S/C23H23BrClFN4O4S/c1-23(2,3)34-22(31)28-15-11-30(12-15)35(32,33)20-9-14(5-7-17(20)25)21-27-10-19(29-21)13-4-6-16(24)18(26)8-13/h4-10,15H,11-12H2,1-3H3,(H,27,29)(H,28,31). The number of amides is 1. The number of aromatic amines is 1. The molecule has 0 radical (unpaired) electrons. The molecule has 35 heavy (non-hydrogen) atoms. The van der Waals surface area contributed by atoms with Crippen LogP contribution >= 0.6 is 27.5 Å². The number of aromatic nitrogens is 2. The van der Waals surface area contributed by atoms with E-state index >= 15 is 0 Å². The van der Waals surface area contributed by atoms with Gasteiger partial charge in [0.15, 0.2) is 0 Å². The summed E-state index contributed by atoms with van der Waals surface area (Å²) < 4.78 is 47.1. The predicted octanol–water partition coefficient (Wildman–Crippen LogP) is 5.20. The van der Waals surface area contributed by atoms with E-state index in [2.05, 4.69) is 31.2 Å². The molecular formula is C23H23BrClFN4O4S. The number of nitrogens with one attached hydrogen (secondary N) is 2. The van der Waals surface area contributed by atoms with Crippen molar-refractivity contribution in [3.63, 3.8) is 0 Å². The Morgan fingerprint density at radius 3 is 2.57 bits per heavy atom. The number of alkyl carbamates (subject to hydrolysis) is 1. The number of rotatable bonds is 5. The second kappa shape index (κ2) is 9.53. The van der Waals surface area contributed by atoms with Crippen LogP contribution in [0.4, 0.5) is 9.18 Å². The van der Waals surface area contributed by atoms with Crippen LogP contribution in [0.3, 0.4) is 0 Å².